The SMILES string of the molecule is CC(=O)O[C@@H](C)[C@H]1[C@H](OC(C)=O)C[C@H]2[C@@H]3CC[C@H]4CCCC[C@]4(C)[C@H]3CC[C@]12C. The molecule has 164 valence electrons. The first-order valence-corrected chi connectivity index (χ1v) is 12.0. The molecule has 4 aliphatic carbocycles. The van der Waals surface area contributed by atoms with Crippen LogP contribution < -0.4 is 0 Å². The summed E-state index contributed by atoms with van der Waals surface area (Å²) in [5, 5.41) is 0. The Morgan fingerprint density at radius 3 is 2.34 bits per heavy atom. The molecule has 0 bridgehead atoms. The number of ether oxygens (including phenoxy) is 2. The van der Waals surface area contributed by atoms with Crippen LogP contribution in [-0.4, -0.2) is 24.1 Å². The first-order valence-electron chi connectivity index (χ1n) is 12.0. The Morgan fingerprint density at radius 1 is 0.897 bits per heavy atom. The molecule has 4 saturated carbocycles. The average Bonchev–Trinajstić information content (AvgIpc) is 2.91. The summed E-state index contributed by atoms with van der Waals surface area (Å²) in [6.07, 6.45) is 11.3. The molecular weight excluding hydrogens is 364 g/mol. The van der Waals surface area contributed by atoms with E-state index in [1.54, 1.807) is 0 Å². The molecular formula is C25H40O4. The van der Waals surface area contributed by atoms with Crippen molar-refractivity contribution in [2.45, 2.75) is 105 Å². The highest BCUT2D eigenvalue weighted by atomic mass is 16.6. The maximum atomic E-state index is 11.9. The van der Waals surface area contributed by atoms with Gasteiger partial charge in [0, 0.05) is 19.8 Å². The number of rotatable bonds is 3. The van der Waals surface area contributed by atoms with E-state index in [4.69, 9.17) is 9.47 Å². The second-order valence-electron chi connectivity index (χ2n) is 11.2. The lowest BCUT2D eigenvalue weighted by atomic mass is 9.45. The van der Waals surface area contributed by atoms with Crippen molar-refractivity contribution in [3.05, 3.63) is 0 Å². The van der Waals surface area contributed by atoms with Crippen molar-refractivity contribution >= 4 is 11.9 Å². The lowest BCUT2D eigenvalue weighted by Crippen LogP contribution is -2.53. The van der Waals surface area contributed by atoms with E-state index >= 15 is 0 Å². The van der Waals surface area contributed by atoms with Gasteiger partial charge >= 0.3 is 11.9 Å². The number of carbonyl (C=O) groups excluding carboxylic acids is 2. The number of fused-ring (bicyclic) bond motifs is 5. The fourth-order valence-electron chi connectivity index (χ4n) is 8.83. The minimum Gasteiger partial charge on any atom is -0.462 e. The number of hydrogen-bond acceptors (Lipinski definition) is 4. The van der Waals surface area contributed by atoms with Crippen molar-refractivity contribution in [2.24, 2.45) is 40.4 Å². The van der Waals surface area contributed by atoms with Crippen LogP contribution in [0.4, 0.5) is 0 Å². The Balaban J connectivity index is 1.64. The largest absolute Gasteiger partial charge is 0.462 e. The zero-order chi connectivity index (χ0) is 21.0. The highest BCUT2D eigenvalue weighted by Crippen LogP contribution is 2.68. The van der Waals surface area contributed by atoms with E-state index < -0.39 is 0 Å². The molecule has 0 heterocycles. The summed E-state index contributed by atoms with van der Waals surface area (Å²) in [6, 6.07) is 0. The molecule has 4 nitrogen and oxygen atoms in total. The molecule has 4 aliphatic rings. The molecule has 4 fully saturated rings. The highest BCUT2D eigenvalue weighted by molar-refractivity contribution is 5.67. The van der Waals surface area contributed by atoms with Gasteiger partial charge < -0.3 is 9.47 Å². The summed E-state index contributed by atoms with van der Waals surface area (Å²) >= 11 is 0. The van der Waals surface area contributed by atoms with Gasteiger partial charge in [-0.3, -0.25) is 9.59 Å². The molecule has 0 aromatic carbocycles. The Morgan fingerprint density at radius 2 is 1.66 bits per heavy atom. The lowest BCUT2D eigenvalue weighted by molar-refractivity contribution is -0.163. The van der Waals surface area contributed by atoms with Gasteiger partial charge in [0.1, 0.15) is 12.2 Å². The van der Waals surface area contributed by atoms with Gasteiger partial charge in [0.2, 0.25) is 0 Å². The third-order valence-corrected chi connectivity index (χ3v) is 9.84. The third kappa shape index (κ3) is 3.43. The lowest BCUT2D eigenvalue weighted by Gasteiger charge is -2.60. The van der Waals surface area contributed by atoms with Crippen LogP contribution in [0.2, 0.25) is 0 Å². The van der Waals surface area contributed by atoms with E-state index in [0.717, 1.165) is 30.6 Å². The second-order valence-corrected chi connectivity index (χ2v) is 11.2. The first kappa shape index (κ1) is 21.2. The molecule has 4 rings (SSSR count). The molecule has 0 aromatic rings. The highest BCUT2D eigenvalue weighted by Gasteiger charge is 2.64. The maximum Gasteiger partial charge on any atom is 0.302 e. The van der Waals surface area contributed by atoms with E-state index in [1.807, 2.05) is 6.92 Å². The van der Waals surface area contributed by atoms with Crippen LogP contribution >= 0.6 is 0 Å². The van der Waals surface area contributed by atoms with Crippen molar-refractivity contribution in [1.29, 1.82) is 0 Å². The summed E-state index contributed by atoms with van der Waals surface area (Å²) in [4.78, 5) is 23.6. The van der Waals surface area contributed by atoms with Crippen molar-refractivity contribution in [3.63, 3.8) is 0 Å². The van der Waals surface area contributed by atoms with Gasteiger partial charge in [-0.05, 0) is 86.4 Å². The van der Waals surface area contributed by atoms with Crippen LogP contribution in [0.1, 0.15) is 92.4 Å². The summed E-state index contributed by atoms with van der Waals surface area (Å²) in [7, 11) is 0. The number of esters is 2. The minimum absolute atomic E-state index is 0.0774. The van der Waals surface area contributed by atoms with Gasteiger partial charge in [-0.1, -0.05) is 26.7 Å². The standard InChI is InChI=1S/C25H40O4/c1-15(28-16(2)26)23-22(29-17(3)27)14-21-19-10-9-18-8-6-7-12-24(18,4)20(19)11-13-25(21,23)5/h15,18-23H,6-14H2,1-5H3/t15-,18+,19+,20-,21-,22+,23-,24-,25-/m0/s1. The fraction of sp³-hybridized carbons (Fsp3) is 0.920. The predicted octanol–water partition coefficient (Wildman–Crippen LogP) is 5.53. The molecule has 0 spiro atoms. The van der Waals surface area contributed by atoms with Crippen LogP contribution in [0.15, 0.2) is 0 Å². The molecule has 4 heteroatoms. The van der Waals surface area contributed by atoms with E-state index in [9.17, 15) is 9.59 Å². The summed E-state index contributed by atoms with van der Waals surface area (Å²) in [6.45, 7) is 9.98. The maximum absolute atomic E-state index is 11.9. The second kappa shape index (κ2) is 7.57. The van der Waals surface area contributed by atoms with E-state index in [0.29, 0.717) is 11.3 Å². The van der Waals surface area contributed by atoms with Gasteiger partial charge in [-0.2, -0.15) is 0 Å². The van der Waals surface area contributed by atoms with E-state index in [-0.39, 0.29) is 35.5 Å². The van der Waals surface area contributed by atoms with Crippen molar-refractivity contribution in [2.75, 3.05) is 0 Å². The third-order valence-electron chi connectivity index (χ3n) is 9.84. The monoisotopic (exact) mass is 404 g/mol. The Bertz CT molecular complexity index is 659. The quantitative estimate of drug-likeness (QED) is 0.581. The van der Waals surface area contributed by atoms with Crippen LogP contribution in [-0.2, 0) is 19.1 Å². The predicted molar refractivity (Wildman–Crippen MR) is 112 cm³/mol. The topological polar surface area (TPSA) is 52.6 Å². The van der Waals surface area contributed by atoms with Crippen molar-refractivity contribution < 1.29 is 19.1 Å². The number of carbonyl (C=O) groups is 2. The molecule has 0 aliphatic heterocycles. The molecule has 29 heavy (non-hydrogen) atoms. The minimum atomic E-state index is -0.241. The summed E-state index contributed by atoms with van der Waals surface area (Å²) in [5.74, 6) is 2.64. The molecule has 0 N–H and O–H groups in total. The zero-order valence-electron chi connectivity index (χ0n) is 19.0. The average molecular weight is 405 g/mol. The normalized spacial score (nSPS) is 47.3. The van der Waals surface area contributed by atoms with Crippen LogP contribution in [0, 0.1) is 40.4 Å². The van der Waals surface area contributed by atoms with Gasteiger partial charge in [-0.15, -0.1) is 0 Å². The van der Waals surface area contributed by atoms with Crippen LogP contribution in [0.25, 0.3) is 0 Å². The van der Waals surface area contributed by atoms with Crippen LogP contribution in [0.3, 0.4) is 0 Å². The Hall–Kier alpha value is -1.06. The fourth-order valence-corrected chi connectivity index (χ4v) is 8.83. The van der Waals surface area contributed by atoms with E-state index in [1.165, 1.54) is 58.8 Å². The molecule has 0 saturated heterocycles. The molecule has 9 atom stereocenters. The van der Waals surface area contributed by atoms with Gasteiger partial charge in [0.05, 0.1) is 0 Å². The van der Waals surface area contributed by atoms with E-state index in [2.05, 4.69) is 13.8 Å². The van der Waals surface area contributed by atoms with Crippen molar-refractivity contribution in [1.82, 2.24) is 0 Å². The summed E-state index contributed by atoms with van der Waals surface area (Å²) < 4.78 is 11.5. The van der Waals surface area contributed by atoms with Gasteiger partial charge in [0.15, 0.2) is 0 Å². The molecule has 0 amide bonds. The zero-order valence-corrected chi connectivity index (χ0v) is 19.0. The Labute approximate surface area is 176 Å². The van der Waals surface area contributed by atoms with Crippen LogP contribution in [0.5, 0.6) is 0 Å². The van der Waals surface area contributed by atoms with Gasteiger partial charge in [-0.25, -0.2) is 0 Å². The molecule has 0 aromatic heterocycles. The summed E-state index contributed by atoms with van der Waals surface area (Å²) in [5.41, 5.74) is 0.576. The molecule has 0 unspecified atom stereocenters. The smallest absolute Gasteiger partial charge is 0.302 e. The molecule has 0 radical (unpaired) electrons. The first-order chi connectivity index (χ1) is 13.7. The van der Waals surface area contributed by atoms with Crippen molar-refractivity contribution in [3.8, 4) is 0 Å². The Kier molecular flexibility index (Phi) is 5.53. The number of hydrogen-bond donors (Lipinski definition) is 0. The van der Waals surface area contributed by atoms with Gasteiger partial charge in [0.25, 0.3) is 0 Å².